The zero-order chi connectivity index (χ0) is 14.7. The molecule has 0 spiro atoms. The van der Waals surface area contributed by atoms with Gasteiger partial charge in [-0.05, 0) is 6.07 Å². The molecule has 6 nitrogen and oxygen atoms in total. The molecule has 0 bridgehead atoms. The van der Waals surface area contributed by atoms with Gasteiger partial charge in [-0.2, -0.15) is 11.8 Å². The molecule has 1 aliphatic rings. The molecule has 0 aromatic heterocycles. The van der Waals surface area contributed by atoms with Crippen molar-refractivity contribution < 1.29 is 14.1 Å². The number of nitro groups is 1. The molecule has 108 valence electrons. The van der Waals surface area contributed by atoms with Gasteiger partial charge in [0.25, 0.3) is 11.6 Å². The van der Waals surface area contributed by atoms with Crippen molar-refractivity contribution in [2.45, 2.75) is 0 Å². The van der Waals surface area contributed by atoms with E-state index >= 15 is 0 Å². The number of halogens is 1. The molecule has 1 amide bonds. The summed E-state index contributed by atoms with van der Waals surface area (Å²) in [5.41, 5.74) is -0.497. The van der Waals surface area contributed by atoms with E-state index in [0.717, 1.165) is 17.6 Å². The maximum absolute atomic E-state index is 13.6. The van der Waals surface area contributed by atoms with E-state index < -0.39 is 22.3 Å². The van der Waals surface area contributed by atoms with Gasteiger partial charge in [-0.15, -0.1) is 0 Å². The number of amides is 1. The van der Waals surface area contributed by atoms with Crippen LogP contribution >= 0.6 is 11.8 Å². The van der Waals surface area contributed by atoms with Gasteiger partial charge in [0.15, 0.2) is 5.82 Å². The Morgan fingerprint density at radius 2 is 2.10 bits per heavy atom. The second-order valence-electron chi connectivity index (χ2n) is 4.26. The number of nitrogens with zero attached hydrogens (tertiary/aromatic N) is 2. The quantitative estimate of drug-likeness (QED) is 0.682. The van der Waals surface area contributed by atoms with E-state index in [-0.39, 0.29) is 11.3 Å². The molecule has 1 fully saturated rings. The van der Waals surface area contributed by atoms with Gasteiger partial charge >= 0.3 is 0 Å². The predicted octanol–water partition coefficient (Wildman–Crippen LogP) is 1.96. The number of rotatable bonds is 3. The van der Waals surface area contributed by atoms with Gasteiger partial charge in [0, 0.05) is 31.6 Å². The van der Waals surface area contributed by atoms with Crippen LogP contribution in [-0.2, 0) is 0 Å². The van der Waals surface area contributed by atoms with Crippen LogP contribution in [0, 0.1) is 15.9 Å². The Bertz CT molecular complexity index is 547. The molecule has 1 aromatic carbocycles. The van der Waals surface area contributed by atoms with E-state index in [2.05, 4.69) is 5.32 Å². The number of nitrogens with one attached hydrogen (secondary N) is 1. The molecular weight excluding hydrogens is 285 g/mol. The number of carbonyl (C=O) groups excluding carboxylic acids is 1. The smallest absolute Gasteiger partial charge is 0.285 e. The Balaban J connectivity index is 2.42. The monoisotopic (exact) mass is 299 g/mol. The van der Waals surface area contributed by atoms with Gasteiger partial charge in [-0.25, -0.2) is 4.39 Å². The highest BCUT2D eigenvalue weighted by Crippen LogP contribution is 2.27. The van der Waals surface area contributed by atoms with Crippen LogP contribution in [-0.4, -0.2) is 47.4 Å². The molecule has 8 heteroatoms. The van der Waals surface area contributed by atoms with Crippen LogP contribution < -0.4 is 5.32 Å². The first kappa shape index (κ1) is 14.6. The van der Waals surface area contributed by atoms with E-state index in [0.29, 0.717) is 13.1 Å². The highest BCUT2D eigenvalue weighted by molar-refractivity contribution is 7.99. The van der Waals surface area contributed by atoms with E-state index in [1.54, 1.807) is 16.7 Å². The lowest BCUT2D eigenvalue weighted by Gasteiger charge is -2.26. The third-order valence-corrected chi connectivity index (χ3v) is 4.02. The molecule has 0 aliphatic carbocycles. The fourth-order valence-electron chi connectivity index (χ4n) is 2.01. The number of hydrogen-bond acceptors (Lipinski definition) is 5. The highest BCUT2D eigenvalue weighted by Gasteiger charge is 2.27. The van der Waals surface area contributed by atoms with Gasteiger partial charge in [0.2, 0.25) is 0 Å². The summed E-state index contributed by atoms with van der Waals surface area (Å²) < 4.78 is 13.6. The van der Waals surface area contributed by atoms with Crippen molar-refractivity contribution in [3.8, 4) is 0 Å². The van der Waals surface area contributed by atoms with Crippen molar-refractivity contribution in [2.24, 2.45) is 0 Å². The number of benzene rings is 1. The van der Waals surface area contributed by atoms with Crippen molar-refractivity contribution in [3.63, 3.8) is 0 Å². The van der Waals surface area contributed by atoms with Gasteiger partial charge in [0.05, 0.1) is 16.7 Å². The lowest BCUT2D eigenvalue weighted by molar-refractivity contribution is -0.385. The Kier molecular flexibility index (Phi) is 4.43. The second-order valence-corrected chi connectivity index (χ2v) is 5.49. The molecule has 0 radical (unpaired) electrons. The minimum absolute atomic E-state index is 0.0744. The lowest BCUT2D eigenvalue weighted by Crippen LogP contribution is -2.38. The largest absolute Gasteiger partial charge is 0.386 e. The Hall–Kier alpha value is -1.83. The molecule has 20 heavy (non-hydrogen) atoms. The summed E-state index contributed by atoms with van der Waals surface area (Å²) in [4.78, 5) is 24.2. The first-order valence-electron chi connectivity index (χ1n) is 6.07. The molecule has 0 atom stereocenters. The molecule has 0 saturated carbocycles. The topological polar surface area (TPSA) is 75.5 Å². The fourth-order valence-corrected chi connectivity index (χ4v) is 2.92. The number of hydrogen-bond donors (Lipinski definition) is 1. The molecule has 1 aliphatic heterocycles. The third kappa shape index (κ3) is 2.84. The molecule has 2 rings (SSSR count). The number of anilines is 1. The number of thioether (sulfide) groups is 1. The fraction of sp³-hybridized carbons (Fsp3) is 0.417. The van der Waals surface area contributed by atoms with Crippen molar-refractivity contribution in [1.82, 2.24) is 4.90 Å². The summed E-state index contributed by atoms with van der Waals surface area (Å²) >= 11 is 1.73. The number of carbonyl (C=O) groups is 1. The average Bonchev–Trinajstić information content (AvgIpc) is 2.47. The molecular formula is C12H14FN3O3S. The normalized spacial score (nSPS) is 15.0. The summed E-state index contributed by atoms with van der Waals surface area (Å²) in [7, 11) is 1.50. The maximum atomic E-state index is 13.6. The molecule has 1 N–H and O–H groups in total. The van der Waals surface area contributed by atoms with E-state index in [1.807, 2.05) is 0 Å². The van der Waals surface area contributed by atoms with Crippen molar-refractivity contribution in [2.75, 3.05) is 37.0 Å². The van der Waals surface area contributed by atoms with Gasteiger partial charge in [-0.1, -0.05) is 0 Å². The molecule has 1 saturated heterocycles. The minimum atomic E-state index is -0.745. The third-order valence-electron chi connectivity index (χ3n) is 3.08. The Morgan fingerprint density at radius 3 is 2.65 bits per heavy atom. The van der Waals surface area contributed by atoms with Gasteiger partial charge < -0.3 is 10.2 Å². The molecule has 0 unspecified atom stereocenters. The maximum Gasteiger partial charge on any atom is 0.285 e. The first-order chi connectivity index (χ1) is 9.54. The van der Waals surface area contributed by atoms with Crippen LogP contribution in [0.15, 0.2) is 12.1 Å². The van der Waals surface area contributed by atoms with E-state index in [9.17, 15) is 19.3 Å². The van der Waals surface area contributed by atoms with Crippen LogP contribution in [0.25, 0.3) is 0 Å². The van der Waals surface area contributed by atoms with Gasteiger partial charge in [-0.3, -0.25) is 14.9 Å². The van der Waals surface area contributed by atoms with Crippen molar-refractivity contribution in [1.29, 1.82) is 0 Å². The zero-order valence-electron chi connectivity index (χ0n) is 10.9. The average molecular weight is 299 g/mol. The Labute approximate surface area is 119 Å². The van der Waals surface area contributed by atoms with Crippen LogP contribution in [0.5, 0.6) is 0 Å². The lowest BCUT2D eigenvalue weighted by atomic mass is 10.1. The summed E-state index contributed by atoms with van der Waals surface area (Å²) in [5.74, 6) is 0.442. The van der Waals surface area contributed by atoms with Crippen LogP contribution in [0.2, 0.25) is 0 Å². The second kappa shape index (κ2) is 6.08. The summed E-state index contributed by atoms with van der Waals surface area (Å²) in [6.07, 6.45) is 0. The first-order valence-corrected chi connectivity index (χ1v) is 7.22. The van der Waals surface area contributed by atoms with Crippen molar-refractivity contribution in [3.05, 3.63) is 33.6 Å². The van der Waals surface area contributed by atoms with E-state index in [4.69, 9.17) is 0 Å². The van der Waals surface area contributed by atoms with Crippen LogP contribution in [0.1, 0.15) is 10.4 Å². The SMILES string of the molecule is CNc1cc(C(=O)N2CCSCC2)c([N+](=O)[O-])cc1F. The summed E-state index contributed by atoms with van der Waals surface area (Å²) in [6, 6.07) is 2.00. The molecule has 1 heterocycles. The minimum Gasteiger partial charge on any atom is -0.386 e. The van der Waals surface area contributed by atoms with Crippen molar-refractivity contribution >= 4 is 29.0 Å². The standard InChI is InChI=1S/C12H14FN3O3S/c1-14-10-6-8(11(16(18)19)7-9(10)13)12(17)15-2-4-20-5-3-15/h6-7,14H,2-5H2,1H3. The predicted molar refractivity (Wildman–Crippen MR) is 75.8 cm³/mol. The van der Waals surface area contributed by atoms with E-state index in [1.165, 1.54) is 13.1 Å². The summed E-state index contributed by atoms with van der Waals surface area (Å²) in [6.45, 7) is 1.10. The highest BCUT2D eigenvalue weighted by atomic mass is 32.2. The summed E-state index contributed by atoms with van der Waals surface area (Å²) in [5, 5.41) is 13.6. The van der Waals surface area contributed by atoms with Gasteiger partial charge in [0.1, 0.15) is 5.56 Å². The Morgan fingerprint density at radius 1 is 1.45 bits per heavy atom. The number of nitro benzene ring substituents is 1. The zero-order valence-corrected chi connectivity index (χ0v) is 11.7. The van der Waals surface area contributed by atoms with Crippen LogP contribution in [0.4, 0.5) is 15.8 Å². The molecule has 1 aromatic rings. The van der Waals surface area contributed by atoms with Crippen LogP contribution in [0.3, 0.4) is 0 Å².